The normalized spacial score (nSPS) is 17.7. The molecule has 0 amide bonds. The molecule has 0 aromatic heterocycles. The lowest BCUT2D eigenvalue weighted by molar-refractivity contribution is 0.106. The van der Waals surface area contributed by atoms with E-state index in [1.807, 2.05) is 0 Å². The van der Waals surface area contributed by atoms with Crippen LogP contribution in [0.4, 0.5) is 0 Å². The van der Waals surface area contributed by atoms with Gasteiger partial charge in [0, 0.05) is 0 Å². The van der Waals surface area contributed by atoms with Crippen LogP contribution in [0.25, 0.3) is 0 Å². The molecule has 0 heterocycles. The molecule has 0 saturated heterocycles. The average molecular weight is 575 g/mol. The number of rotatable bonds is 27. The first kappa shape index (κ1) is 40.7. The smallest absolute Gasteiger partial charge is 0.0209 e. The van der Waals surface area contributed by atoms with Gasteiger partial charge in [-0.1, -0.05) is 172 Å². The van der Waals surface area contributed by atoms with Gasteiger partial charge in [0.05, 0.1) is 0 Å². The number of unbranched alkanes of at least 4 members (excludes halogenated alkanes) is 3. The van der Waals surface area contributed by atoms with Gasteiger partial charge in [-0.15, -0.1) is 0 Å². The van der Waals surface area contributed by atoms with Gasteiger partial charge in [0.15, 0.2) is 0 Å². The molecule has 0 aliphatic carbocycles. The average Bonchev–Trinajstić information content (AvgIpc) is 2.94. The van der Waals surface area contributed by atoms with Crippen molar-refractivity contribution in [3.05, 3.63) is 12.2 Å². The summed E-state index contributed by atoms with van der Waals surface area (Å²) >= 11 is 0. The van der Waals surface area contributed by atoms with Crippen molar-refractivity contribution in [3.63, 3.8) is 0 Å². The van der Waals surface area contributed by atoms with E-state index < -0.39 is 0 Å². The van der Waals surface area contributed by atoms with Crippen LogP contribution in [0.5, 0.6) is 0 Å². The highest BCUT2D eigenvalue weighted by Gasteiger charge is 2.32. The standard InChI is InChI=1S/C41H82/c1-14-18-19-20-24-38(33(7)8)25-21-23-37(27-26-34(9)16-3)28-29-39(35(10)30-31-41(12,13)17-4)40(22-15-2)36(11)32(5)6/h32,34-40H,7,14-31H2,1-6,8-13H3. The predicted octanol–water partition coefficient (Wildman–Crippen LogP) is 14.7. The van der Waals surface area contributed by atoms with E-state index in [0.717, 1.165) is 47.3 Å². The molecule has 0 heteroatoms. The van der Waals surface area contributed by atoms with Gasteiger partial charge < -0.3 is 0 Å². The van der Waals surface area contributed by atoms with Crippen LogP contribution >= 0.6 is 0 Å². The van der Waals surface area contributed by atoms with Crippen molar-refractivity contribution in [1.29, 1.82) is 0 Å². The molecule has 0 nitrogen and oxygen atoms in total. The third kappa shape index (κ3) is 18.2. The summed E-state index contributed by atoms with van der Waals surface area (Å²) in [6.07, 6.45) is 25.1. The Hall–Kier alpha value is -0.260. The summed E-state index contributed by atoms with van der Waals surface area (Å²) in [5, 5.41) is 0. The molecule has 0 radical (unpaired) electrons. The SMILES string of the molecule is C=C(C)C(CCCCCC)CCCC(CCC(C)CC)CCC(C(C)CCC(C)(C)CC)C(CCC)C(C)C(C)C. The van der Waals surface area contributed by atoms with Crippen molar-refractivity contribution in [2.45, 2.75) is 199 Å². The highest BCUT2D eigenvalue weighted by molar-refractivity contribution is 4.96. The van der Waals surface area contributed by atoms with Crippen molar-refractivity contribution >= 4 is 0 Å². The highest BCUT2D eigenvalue weighted by atomic mass is 14.4. The van der Waals surface area contributed by atoms with Crippen LogP contribution in [0.15, 0.2) is 12.2 Å². The Morgan fingerprint density at radius 3 is 1.80 bits per heavy atom. The van der Waals surface area contributed by atoms with Gasteiger partial charge in [0.1, 0.15) is 0 Å². The second-order valence-electron chi connectivity index (χ2n) is 16.1. The predicted molar refractivity (Wildman–Crippen MR) is 191 cm³/mol. The van der Waals surface area contributed by atoms with Gasteiger partial charge in [0.2, 0.25) is 0 Å². The number of hydrogen-bond acceptors (Lipinski definition) is 0. The highest BCUT2D eigenvalue weighted by Crippen LogP contribution is 2.42. The van der Waals surface area contributed by atoms with Crippen molar-refractivity contribution in [1.82, 2.24) is 0 Å². The minimum Gasteiger partial charge on any atom is -0.0999 e. The number of hydrogen-bond donors (Lipinski definition) is 0. The van der Waals surface area contributed by atoms with Gasteiger partial charge in [-0.25, -0.2) is 0 Å². The first-order valence-electron chi connectivity index (χ1n) is 19.0. The van der Waals surface area contributed by atoms with Gasteiger partial charge >= 0.3 is 0 Å². The molecule has 0 saturated carbocycles. The summed E-state index contributed by atoms with van der Waals surface area (Å²) in [4.78, 5) is 0. The van der Waals surface area contributed by atoms with E-state index in [9.17, 15) is 0 Å². The fraction of sp³-hybridized carbons (Fsp3) is 0.951. The molecule has 0 N–H and O–H groups in total. The van der Waals surface area contributed by atoms with Crippen LogP contribution in [-0.2, 0) is 0 Å². The summed E-state index contributed by atoms with van der Waals surface area (Å²) in [7, 11) is 0. The molecule has 0 aliphatic heterocycles. The Labute approximate surface area is 263 Å². The zero-order chi connectivity index (χ0) is 31.4. The van der Waals surface area contributed by atoms with E-state index in [4.69, 9.17) is 0 Å². The van der Waals surface area contributed by atoms with E-state index in [0.29, 0.717) is 5.41 Å². The van der Waals surface area contributed by atoms with Crippen LogP contribution in [0.2, 0.25) is 0 Å². The maximum absolute atomic E-state index is 4.41. The Kier molecular flexibility index (Phi) is 23.0. The fourth-order valence-corrected chi connectivity index (χ4v) is 7.32. The van der Waals surface area contributed by atoms with E-state index in [1.165, 1.54) is 121 Å². The lowest BCUT2D eigenvalue weighted by Gasteiger charge is -2.39. The third-order valence-corrected chi connectivity index (χ3v) is 11.8. The molecule has 0 bridgehead atoms. The van der Waals surface area contributed by atoms with Gasteiger partial charge in [-0.3, -0.25) is 0 Å². The van der Waals surface area contributed by atoms with Crippen LogP contribution < -0.4 is 0 Å². The molecule has 7 atom stereocenters. The van der Waals surface area contributed by atoms with Crippen molar-refractivity contribution < 1.29 is 0 Å². The molecule has 246 valence electrons. The van der Waals surface area contributed by atoms with Gasteiger partial charge in [-0.2, -0.15) is 0 Å². The topological polar surface area (TPSA) is 0 Å². The second-order valence-corrected chi connectivity index (χ2v) is 16.1. The fourth-order valence-electron chi connectivity index (χ4n) is 7.32. The lowest BCUT2D eigenvalue weighted by Crippen LogP contribution is -2.31. The molecule has 0 aromatic rings. The van der Waals surface area contributed by atoms with Gasteiger partial charge in [-0.05, 0) is 91.8 Å². The first-order chi connectivity index (χ1) is 19.3. The molecule has 0 fully saturated rings. The third-order valence-electron chi connectivity index (χ3n) is 11.8. The summed E-state index contributed by atoms with van der Waals surface area (Å²) in [6.45, 7) is 33.8. The van der Waals surface area contributed by atoms with Crippen molar-refractivity contribution in [2.24, 2.45) is 52.8 Å². The Morgan fingerprint density at radius 2 is 1.27 bits per heavy atom. The zero-order valence-corrected chi connectivity index (χ0v) is 31.1. The van der Waals surface area contributed by atoms with Crippen LogP contribution in [0.1, 0.15) is 199 Å². The Bertz CT molecular complexity index is 612. The summed E-state index contributed by atoms with van der Waals surface area (Å²) < 4.78 is 0. The zero-order valence-electron chi connectivity index (χ0n) is 31.1. The van der Waals surface area contributed by atoms with E-state index in [-0.39, 0.29) is 0 Å². The second kappa shape index (κ2) is 23.2. The maximum Gasteiger partial charge on any atom is -0.0209 e. The molecule has 7 unspecified atom stereocenters. The number of allylic oxidation sites excluding steroid dienone is 1. The Balaban J connectivity index is 5.62. The Morgan fingerprint density at radius 1 is 0.634 bits per heavy atom. The molecule has 41 heavy (non-hydrogen) atoms. The van der Waals surface area contributed by atoms with Gasteiger partial charge in [0.25, 0.3) is 0 Å². The molecular formula is C41H82. The van der Waals surface area contributed by atoms with Crippen molar-refractivity contribution in [2.75, 3.05) is 0 Å². The molecule has 0 aromatic carbocycles. The maximum atomic E-state index is 4.41. The molecule has 0 aliphatic rings. The van der Waals surface area contributed by atoms with Crippen LogP contribution in [0, 0.1) is 52.8 Å². The van der Waals surface area contributed by atoms with E-state index >= 15 is 0 Å². The summed E-state index contributed by atoms with van der Waals surface area (Å²) in [5.41, 5.74) is 1.92. The largest absolute Gasteiger partial charge is 0.0999 e. The molecular weight excluding hydrogens is 492 g/mol. The summed E-state index contributed by atoms with van der Waals surface area (Å²) in [5.74, 6) is 6.74. The minimum atomic E-state index is 0.484. The van der Waals surface area contributed by atoms with Crippen LogP contribution in [0.3, 0.4) is 0 Å². The first-order valence-corrected chi connectivity index (χ1v) is 19.0. The van der Waals surface area contributed by atoms with E-state index in [1.54, 1.807) is 0 Å². The monoisotopic (exact) mass is 575 g/mol. The molecule has 0 rings (SSSR count). The van der Waals surface area contributed by atoms with Crippen LogP contribution in [-0.4, -0.2) is 0 Å². The molecule has 0 spiro atoms. The van der Waals surface area contributed by atoms with E-state index in [2.05, 4.69) is 89.7 Å². The van der Waals surface area contributed by atoms with Crippen molar-refractivity contribution in [3.8, 4) is 0 Å². The summed E-state index contributed by atoms with van der Waals surface area (Å²) in [6, 6.07) is 0. The minimum absolute atomic E-state index is 0.484. The quantitative estimate of drug-likeness (QED) is 0.0676. The lowest BCUT2D eigenvalue weighted by atomic mass is 9.66.